The Labute approximate surface area is 125 Å². The highest BCUT2D eigenvalue weighted by molar-refractivity contribution is 5.95. The number of pyridine rings is 2. The molecule has 3 aromatic heterocycles. The van der Waals surface area contributed by atoms with Crippen LogP contribution < -0.4 is 5.56 Å². The van der Waals surface area contributed by atoms with Crippen LogP contribution in [0.15, 0.2) is 65.8 Å². The fraction of sp³-hybridized carbons (Fsp3) is 0. The van der Waals surface area contributed by atoms with Crippen molar-refractivity contribution >= 4 is 16.4 Å². The Kier molecular flexibility index (Phi) is 2.66. The molecule has 0 bridgehead atoms. The van der Waals surface area contributed by atoms with E-state index in [9.17, 15) is 9.90 Å². The highest BCUT2D eigenvalue weighted by Crippen LogP contribution is 2.24. The Morgan fingerprint density at radius 2 is 1.82 bits per heavy atom. The van der Waals surface area contributed by atoms with Crippen LogP contribution >= 0.6 is 0 Å². The Morgan fingerprint density at radius 3 is 2.64 bits per heavy atom. The van der Waals surface area contributed by atoms with Crippen LogP contribution in [0.25, 0.3) is 27.7 Å². The van der Waals surface area contributed by atoms with Crippen LogP contribution in [-0.2, 0) is 0 Å². The molecule has 0 saturated carbocycles. The Hall–Kier alpha value is -3.21. The molecule has 1 N–H and O–H groups in total. The van der Waals surface area contributed by atoms with Gasteiger partial charge in [0.2, 0.25) is 0 Å². The molecule has 0 aliphatic rings. The number of aromatic hydroxyl groups is 1. The fourth-order valence-corrected chi connectivity index (χ4v) is 2.53. The summed E-state index contributed by atoms with van der Waals surface area (Å²) in [6.07, 6.45) is 5.02. The zero-order valence-corrected chi connectivity index (χ0v) is 11.5. The lowest BCUT2D eigenvalue weighted by Crippen LogP contribution is -2.14. The van der Waals surface area contributed by atoms with Crippen LogP contribution in [0.4, 0.5) is 0 Å². The molecular formula is C17H11N3O2. The smallest absolute Gasteiger partial charge is 0.258 e. The first kappa shape index (κ1) is 12.5. The van der Waals surface area contributed by atoms with Gasteiger partial charge in [-0.1, -0.05) is 6.07 Å². The minimum atomic E-state index is -0.165. The largest absolute Gasteiger partial charge is 0.508 e. The molecule has 1 aromatic carbocycles. The first-order valence-corrected chi connectivity index (χ1v) is 6.78. The van der Waals surface area contributed by atoms with Gasteiger partial charge in [0.05, 0.1) is 5.69 Å². The summed E-state index contributed by atoms with van der Waals surface area (Å²) >= 11 is 0. The normalized spacial score (nSPS) is 11.1. The van der Waals surface area contributed by atoms with Gasteiger partial charge in [0.1, 0.15) is 11.4 Å². The lowest BCUT2D eigenvalue weighted by molar-refractivity contribution is 0.476. The summed E-state index contributed by atoms with van der Waals surface area (Å²) in [6, 6.07) is 12.0. The van der Waals surface area contributed by atoms with Crippen LogP contribution in [0.2, 0.25) is 0 Å². The number of nitrogens with zero attached hydrogens (tertiary/aromatic N) is 3. The van der Waals surface area contributed by atoms with Crippen LogP contribution in [0.3, 0.4) is 0 Å². The lowest BCUT2D eigenvalue weighted by Gasteiger charge is -2.07. The van der Waals surface area contributed by atoms with E-state index in [4.69, 9.17) is 0 Å². The average Bonchev–Trinajstić information content (AvgIpc) is 2.55. The molecule has 5 heteroatoms. The van der Waals surface area contributed by atoms with Crippen molar-refractivity contribution in [1.82, 2.24) is 14.4 Å². The summed E-state index contributed by atoms with van der Waals surface area (Å²) < 4.78 is 1.48. The van der Waals surface area contributed by atoms with Gasteiger partial charge in [0.25, 0.3) is 5.56 Å². The van der Waals surface area contributed by atoms with Crippen molar-refractivity contribution in [3.05, 3.63) is 71.4 Å². The van der Waals surface area contributed by atoms with Gasteiger partial charge >= 0.3 is 0 Å². The monoisotopic (exact) mass is 289 g/mol. The number of rotatable bonds is 1. The van der Waals surface area contributed by atoms with Crippen molar-refractivity contribution in [2.24, 2.45) is 0 Å². The number of aromatic nitrogens is 3. The molecule has 0 unspecified atom stereocenters. The predicted molar refractivity (Wildman–Crippen MR) is 83.9 cm³/mol. The van der Waals surface area contributed by atoms with Gasteiger partial charge in [0.15, 0.2) is 0 Å². The van der Waals surface area contributed by atoms with Crippen LogP contribution in [-0.4, -0.2) is 19.5 Å². The van der Waals surface area contributed by atoms with Crippen molar-refractivity contribution in [3.63, 3.8) is 0 Å². The second-order valence-corrected chi connectivity index (χ2v) is 5.00. The molecular weight excluding hydrogens is 278 g/mol. The van der Waals surface area contributed by atoms with Crippen LogP contribution in [0, 0.1) is 0 Å². The fourth-order valence-electron chi connectivity index (χ4n) is 2.53. The number of phenolic OH excluding ortho intramolecular Hbond substituents is 1. The molecule has 4 aromatic rings. The molecule has 106 valence electrons. The molecule has 0 atom stereocenters. The standard InChI is InChI=1S/C17H11N3O2/c21-13-2-1-11-5-8-20-16(22)10-15(12-3-6-18-7-4-12)19-17(20)14(11)9-13/h1-10,21H. The molecule has 0 aliphatic heterocycles. The maximum absolute atomic E-state index is 12.3. The summed E-state index contributed by atoms with van der Waals surface area (Å²) in [6.45, 7) is 0. The lowest BCUT2D eigenvalue weighted by atomic mass is 10.1. The van der Waals surface area contributed by atoms with Gasteiger partial charge < -0.3 is 5.11 Å². The summed E-state index contributed by atoms with van der Waals surface area (Å²) in [5.41, 5.74) is 1.77. The third-order valence-corrected chi connectivity index (χ3v) is 3.61. The maximum atomic E-state index is 12.3. The highest BCUT2D eigenvalue weighted by Gasteiger charge is 2.08. The zero-order chi connectivity index (χ0) is 15.1. The Balaban J connectivity index is 2.13. The van der Waals surface area contributed by atoms with Gasteiger partial charge in [-0.2, -0.15) is 0 Å². The van der Waals surface area contributed by atoms with Crippen molar-refractivity contribution in [3.8, 4) is 17.0 Å². The number of hydrogen-bond donors (Lipinski definition) is 1. The SMILES string of the molecule is O=c1cc(-c2ccncc2)nc2c3cc(O)ccc3ccn12. The van der Waals surface area contributed by atoms with Gasteiger partial charge in [0, 0.05) is 35.6 Å². The molecule has 0 radical (unpaired) electrons. The summed E-state index contributed by atoms with van der Waals surface area (Å²) in [5, 5.41) is 11.4. The molecule has 3 heterocycles. The summed E-state index contributed by atoms with van der Waals surface area (Å²) in [5.74, 6) is 0.143. The molecule has 0 saturated heterocycles. The van der Waals surface area contributed by atoms with E-state index in [-0.39, 0.29) is 11.3 Å². The van der Waals surface area contributed by atoms with E-state index in [0.29, 0.717) is 11.3 Å². The zero-order valence-electron chi connectivity index (χ0n) is 11.5. The summed E-state index contributed by atoms with van der Waals surface area (Å²) in [4.78, 5) is 20.9. The van der Waals surface area contributed by atoms with Crippen molar-refractivity contribution in [1.29, 1.82) is 0 Å². The van der Waals surface area contributed by atoms with E-state index < -0.39 is 0 Å². The third-order valence-electron chi connectivity index (χ3n) is 3.61. The van der Waals surface area contributed by atoms with Gasteiger partial charge in [-0.15, -0.1) is 0 Å². The second-order valence-electron chi connectivity index (χ2n) is 5.00. The minimum Gasteiger partial charge on any atom is -0.508 e. The van der Waals surface area contributed by atoms with E-state index in [1.165, 1.54) is 10.5 Å². The number of phenols is 1. The van der Waals surface area contributed by atoms with Crippen LogP contribution in [0.5, 0.6) is 5.75 Å². The quantitative estimate of drug-likeness (QED) is 0.547. The number of fused-ring (bicyclic) bond motifs is 3. The number of hydrogen-bond acceptors (Lipinski definition) is 4. The first-order valence-electron chi connectivity index (χ1n) is 6.78. The van der Waals surface area contributed by atoms with Gasteiger partial charge in [-0.3, -0.25) is 14.2 Å². The van der Waals surface area contributed by atoms with Crippen molar-refractivity contribution in [2.75, 3.05) is 0 Å². The highest BCUT2D eigenvalue weighted by atomic mass is 16.3. The number of benzene rings is 1. The predicted octanol–water partition coefficient (Wildman–Crippen LogP) is 2.62. The van der Waals surface area contributed by atoms with Crippen molar-refractivity contribution in [2.45, 2.75) is 0 Å². The van der Waals surface area contributed by atoms with E-state index in [0.717, 1.165) is 16.3 Å². The van der Waals surface area contributed by atoms with E-state index in [1.54, 1.807) is 48.9 Å². The Morgan fingerprint density at radius 1 is 1.00 bits per heavy atom. The molecule has 0 spiro atoms. The van der Waals surface area contributed by atoms with E-state index >= 15 is 0 Å². The molecule has 0 amide bonds. The summed E-state index contributed by atoms with van der Waals surface area (Å²) in [7, 11) is 0. The molecule has 5 nitrogen and oxygen atoms in total. The molecule has 0 fully saturated rings. The first-order chi connectivity index (χ1) is 10.7. The second kappa shape index (κ2) is 4.66. The van der Waals surface area contributed by atoms with E-state index in [2.05, 4.69) is 9.97 Å². The Bertz CT molecular complexity index is 1060. The molecule has 0 aliphatic carbocycles. The third kappa shape index (κ3) is 1.91. The maximum Gasteiger partial charge on any atom is 0.258 e. The van der Waals surface area contributed by atoms with Crippen LogP contribution in [0.1, 0.15) is 0 Å². The van der Waals surface area contributed by atoms with Gasteiger partial charge in [-0.25, -0.2) is 4.98 Å². The molecule has 4 rings (SSSR count). The van der Waals surface area contributed by atoms with Gasteiger partial charge in [-0.05, 0) is 35.7 Å². The molecule has 22 heavy (non-hydrogen) atoms. The average molecular weight is 289 g/mol. The minimum absolute atomic E-state index is 0.143. The topological polar surface area (TPSA) is 67.5 Å². The van der Waals surface area contributed by atoms with E-state index in [1.807, 2.05) is 6.07 Å². The van der Waals surface area contributed by atoms with Crippen molar-refractivity contribution < 1.29 is 5.11 Å².